The Morgan fingerprint density at radius 2 is 1.50 bits per heavy atom. The number of aryl methyl sites for hydroxylation is 3. The molecule has 0 radical (unpaired) electrons. The Morgan fingerprint density at radius 1 is 0.765 bits per heavy atom. The van der Waals surface area contributed by atoms with Gasteiger partial charge in [-0.2, -0.15) is 0 Å². The largest absolute Gasteiger partial charge is 0.488 e. The van der Waals surface area contributed by atoms with Crippen molar-refractivity contribution < 1.29 is 9.15 Å². The van der Waals surface area contributed by atoms with E-state index in [4.69, 9.17) is 14.1 Å². The lowest BCUT2D eigenvalue weighted by atomic mass is 9.92. The fourth-order valence-corrected chi connectivity index (χ4v) is 4.59. The molecule has 0 unspecified atom stereocenters. The highest BCUT2D eigenvalue weighted by Crippen LogP contribution is 2.42. The summed E-state index contributed by atoms with van der Waals surface area (Å²) in [6.07, 6.45) is 1.57. The predicted molar refractivity (Wildman–Crippen MR) is 135 cm³/mol. The van der Waals surface area contributed by atoms with Crippen LogP contribution in [0.25, 0.3) is 44.6 Å². The first-order chi connectivity index (χ1) is 16.5. The van der Waals surface area contributed by atoms with Gasteiger partial charge in [-0.15, -0.1) is 0 Å². The number of aromatic nitrogens is 1. The molecule has 2 aromatic heterocycles. The molecule has 0 saturated carbocycles. The zero-order valence-electron chi connectivity index (χ0n) is 19.3. The van der Waals surface area contributed by atoms with Crippen LogP contribution >= 0.6 is 0 Å². The van der Waals surface area contributed by atoms with Gasteiger partial charge in [-0.05, 0) is 56.7 Å². The van der Waals surface area contributed by atoms with Gasteiger partial charge in [0, 0.05) is 16.7 Å². The molecule has 1 aliphatic rings. The summed E-state index contributed by atoms with van der Waals surface area (Å²) in [5, 5.41) is 0.577. The first kappa shape index (κ1) is 20.4. The van der Waals surface area contributed by atoms with Crippen molar-refractivity contribution in [2.45, 2.75) is 27.4 Å². The van der Waals surface area contributed by atoms with Crippen molar-refractivity contribution in [2.24, 2.45) is 0 Å². The van der Waals surface area contributed by atoms with Gasteiger partial charge in [-0.1, -0.05) is 53.1 Å². The van der Waals surface area contributed by atoms with E-state index in [9.17, 15) is 4.79 Å². The van der Waals surface area contributed by atoms with Gasteiger partial charge in [0.1, 0.15) is 24.2 Å². The van der Waals surface area contributed by atoms with Crippen LogP contribution in [0.4, 0.5) is 0 Å². The first-order valence-electron chi connectivity index (χ1n) is 11.4. The van der Waals surface area contributed by atoms with Crippen LogP contribution in [0, 0.1) is 20.8 Å². The molecule has 0 aliphatic carbocycles. The maximum atomic E-state index is 13.6. The van der Waals surface area contributed by atoms with Crippen LogP contribution < -0.4 is 10.2 Å². The second-order valence-electron chi connectivity index (χ2n) is 9.01. The second kappa shape index (κ2) is 7.70. The van der Waals surface area contributed by atoms with E-state index in [-0.39, 0.29) is 5.43 Å². The van der Waals surface area contributed by atoms with Gasteiger partial charge in [0.25, 0.3) is 0 Å². The van der Waals surface area contributed by atoms with E-state index in [1.165, 1.54) is 5.56 Å². The van der Waals surface area contributed by atoms with E-state index in [1.807, 2.05) is 43.3 Å². The lowest BCUT2D eigenvalue weighted by Gasteiger charge is -2.24. The molecule has 4 nitrogen and oxygen atoms in total. The number of hydrogen-bond acceptors (Lipinski definition) is 4. The number of hydrogen-bond donors (Lipinski definition) is 0. The fraction of sp³-hybridized carbons (Fsp3) is 0.133. The number of fused-ring (bicyclic) bond motifs is 4. The zero-order valence-corrected chi connectivity index (χ0v) is 19.3. The van der Waals surface area contributed by atoms with Crippen molar-refractivity contribution in [1.82, 2.24) is 4.98 Å². The monoisotopic (exact) mass is 445 g/mol. The maximum Gasteiger partial charge on any atom is 0.200 e. The molecule has 0 saturated heterocycles. The average molecular weight is 446 g/mol. The molecular weight excluding hydrogens is 422 g/mol. The summed E-state index contributed by atoms with van der Waals surface area (Å²) in [5.41, 5.74) is 9.66. The highest BCUT2D eigenvalue weighted by atomic mass is 16.5. The van der Waals surface area contributed by atoms with Crippen LogP contribution in [-0.2, 0) is 6.61 Å². The maximum absolute atomic E-state index is 13.6. The molecule has 0 fully saturated rings. The summed E-state index contributed by atoms with van der Waals surface area (Å²) >= 11 is 0. The first-order valence-corrected chi connectivity index (χ1v) is 11.4. The number of rotatable bonds is 2. The minimum absolute atomic E-state index is 0.0526. The normalized spacial score (nSPS) is 12.2. The third-order valence-electron chi connectivity index (χ3n) is 6.45. The van der Waals surface area contributed by atoms with Crippen molar-refractivity contribution >= 4 is 11.0 Å². The van der Waals surface area contributed by atoms with Crippen molar-refractivity contribution in [3.63, 3.8) is 0 Å². The Morgan fingerprint density at radius 3 is 2.32 bits per heavy atom. The second-order valence-corrected chi connectivity index (χ2v) is 9.01. The Bertz CT molecular complexity index is 1650. The molecule has 5 aromatic rings. The predicted octanol–water partition coefficient (Wildman–Crippen LogP) is 7.01. The zero-order chi connectivity index (χ0) is 23.4. The molecule has 1 aliphatic heterocycles. The van der Waals surface area contributed by atoms with Gasteiger partial charge in [0.15, 0.2) is 0 Å². The van der Waals surface area contributed by atoms with Crippen molar-refractivity contribution in [3.05, 3.63) is 105 Å². The number of benzene rings is 3. The highest BCUT2D eigenvalue weighted by Gasteiger charge is 2.25. The van der Waals surface area contributed by atoms with E-state index in [0.717, 1.165) is 50.5 Å². The van der Waals surface area contributed by atoms with E-state index in [2.05, 4.69) is 44.2 Å². The summed E-state index contributed by atoms with van der Waals surface area (Å²) in [4.78, 5) is 18.7. The van der Waals surface area contributed by atoms with Crippen molar-refractivity contribution in [2.75, 3.05) is 0 Å². The van der Waals surface area contributed by atoms with Crippen molar-refractivity contribution in [3.8, 4) is 39.4 Å². The van der Waals surface area contributed by atoms with Crippen LogP contribution in [0.1, 0.15) is 22.3 Å². The van der Waals surface area contributed by atoms with Crippen LogP contribution in [0.2, 0.25) is 0 Å². The number of ether oxygens (including phenoxy) is 1. The van der Waals surface area contributed by atoms with E-state index in [0.29, 0.717) is 23.1 Å². The van der Waals surface area contributed by atoms with Crippen LogP contribution in [0.5, 0.6) is 5.75 Å². The van der Waals surface area contributed by atoms with Gasteiger partial charge in [0.05, 0.1) is 22.3 Å². The Balaban J connectivity index is 1.67. The molecule has 0 bridgehead atoms. The molecule has 166 valence electrons. The Hall–Kier alpha value is -4.18. The molecule has 3 heterocycles. The molecule has 4 heteroatoms. The average Bonchev–Trinajstić information content (AvgIpc) is 2.84. The molecule has 0 spiro atoms. The van der Waals surface area contributed by atoms with Crippen LogP contribution in [0.3, 0.4) is 0 Å². The van der Waals surface area contributed by atoms with Gasteiger partial charge in [-0.3, -0.25) is 4.79 Å². The van der Waals surface area contributed by atoms with E-state index >= 15 is 0 Å². The van der Waals surface area contributed by atoms with Crippen molar-refractivity contribution in [1.29, 1.82) is 0 Å². The summed E-state index contributed by atoms with van der Waals surface area (Å²) < 4.78 is 12.0. The summed E-state index contributed by atoms with van der Waals surface area (Å²) in [6, 6.07) is 22.1. The van der Waals surface area contributed by atoms with E-state index in [1.54, 1.807) is 6.26 Å². The Labute approximate surface area is 197 Å². The van der Waals surface area contributed by atoms with E-state index < -0.39 is 0 Å². The molecular formula is C30H23NO3. The smallest absolute Gasteiger partial charge is 0.200 e. The van der Waals surface area contributed by atoms with Gasteiger partial charge >= 0.3 is 0 Å². The Kier molecular flexibility index (Phi) is 4.63. The van der Waals surface area contributed by atoms with Gasteiger partial charge in [-0.25, -0.2) is 4.98 Å². The van der Waals surface area contributed by atoms with Crippen LogP contribution in [0.15, 0.2) is 82.2 Å². The molecule has 0 N–H and O–H groups in total. The highest BCUT2D eigenvalue weighted by molar-refractivity contribution is 5.87. The van der Waals surface area contributed by atoms with Gasteiger partial charge < -0.3 is 9.15 Å². The lowest BCUT2D eigenvalue weighted by Crippen LogP contribution is -2.13. The molecule has 6 rings (SSSR count). The standard InChI is InChI=1S/C30H23NO3/c1-17-4-8-20(9-5-17)26-14-21(25-16-34-28-11-7-19(3)13-23(28)30(25)32)24-15-33-27-10-6-18(2)12-22(27)29(24)31-26/h4-14,16H,15H2,1-3H3. The molecule has 3 aromatic carbocycles. The lowest BCUT2D eigenvalue weighted by molar-refractivity contribution is 0.302. The third kappa shape index (κ3) is 3.30. The summed E-state index contributed by atoms with van der Waals surface area (Å²) in [7, 11) is 0. The molecule has 0 atom stereocenters. The minimum Gasteiger partial charge on any atom is -0.488 e. The topological polar surface area (TPSA) is 52.3 Å². The van der Waals surface area contributed by atoms with Gasteiger partial charge in [0.2, 0.25) is 5.43 Å². The molecule has 0 amide bonds. The fourth-order valence-electron chi connectivity index (χ4n) is 4.59. The SMILES string of the molecule is Cc1ccc(-c2cc(-c3coc4ccc(C)cc4c3=O)c3c(n2)-c2cc(C)ccc2OC3)cc1. The molecule has 34 heavy (non-hydrogen) atoms. The summed E-state index contributed by atoms with van der Waals surface area (Å²) in [5.74, 6) is 0.804. The third-order valence-corrected chi connectivity index (χ3v) is 6.45. The number of nitrogens with zero attached hydrogens (tertiary/aromatic N) is 1. The summed E-state index contributed by atoms with van der Waals surface area (Å²) in [6.45, 7) is 6.43. The minimum atomic E-state index is -0.0526. The van der Waals surface area contributed by atoms with Crippen LogP contribution in [-0.4, -0.2) is 4.98 Å². The number of pyridine rings is 1. The quantitative estimate of drug-likeness (QED) is 0.293.